The van der Waals surface area contributed by atoms with E-state index >= 15 is 0 Å². The number of anilines is 1. The molecule has 0 atom stereocenters. The fourth-order valence-corrected chi connectivity index (χ4v) is 3.60. The van der Waals surface area contributed by atoms with E-state index in [-0.39, 0.29) is 11.3 Å². The van der Waals surface area contributed by atoms with Gasteiger partial charge in [0.05, 0.1) is 39.9 Å². The highest BCUT2D eigenvalue weighted by Gasteiger charge is 2.18. The van der Waals surface area contributed by atoms with E-state index < -0.39 is 0 Å². The Hall–Kier alpha value is -2.97. The SMILES string of the molecule is CNSc1cc2c(N)c(-c3nc4ccccc4[nH]c3=O)[nH]c2cc1OC. The van der Waals surface area contributed by atoms with Crippen LogP contribution in [0.5, 0.6) is 5.75 Å². The molecule has 0 unspecified atom stereocenters. The van der Waals surface area contributed by atoms with Gasteiger partial charge in [0.2, 0.25) is 0 Å². The Bertz CT molecular complexity index is 1180. The van der Waals surface area contributed by atoms with Crippen molar-refractivity contribution < 1.29 is 4.74 Å². The molecule has 2 aromatic heterocycles. The van der Waals surface area contributed by atoms with Gasteiger partial charge in [-0.05, 0) is 37.2 Å². The largest absolute Gasteiger partial charge is 0.495 e. The van der Waals surface area contributed by atoms with E-state index in [0.29, 0.717) is 28.2 Å². The van der Waals surface area contributed by atoms with Crippen molar-refractivity contribution in [2.45, 2.75) is 4.90 Å². The summed E-state index contributed by atoms with van der Waals surface area (Å²) in [6, 6.07) is 11.2. The minimum atomic E-state index is -0.293. The molecule has 0 aliphatic rings. The molecular weight excluding hydrogens is 350 g/mol. The van der Waals surface area contributed by atoms with Gasteiger partial charge in [-0.15, -0.1) is 0 Å². The molecule has 0 amide bonds. The van der Waals surface area contributed by atoms with Crippen LogP contribution in [0.3, 0.4) is 0 Å². The number of hydrogen-bond acceptors (Lipinski definition) is 6. The molecule has 0 aliphatic heterocycles. The number of benzene rings is 2. The number of nitrogens with zero attached hydrogens (tertiary/aromatic N) is 1. The number of fused-ring (bicyclic) bond motifs is 2. The van der Waals surface area contributed by atoms with Gasteiger partial charge < -0.3 is 20.4 Å². The number of methoxy groups -OCH3 is 1. The zero-order valence-electron chi connectivity index (χ0n) is 14.2. The first-order chi connectivity index (χ1) is 12.6. The maximum absolute atomic E-state index is 12.5. The summed E-state index contributed by atoms with van der Waals surface area (Å²) in [4.78, 5) is 24.0. The summed E-state index contributed by atoms with van der Waals surface area (Å²) in [7, 11) is 3.45. The highest BCUT2D eigenvalue weighted by molar-refractivity contribution is 7.97. The van der Waals surface area contributed by atoms with Crippen LogP contribution < -0.4 is 20.8 Å². The third kappa shape index (κ3) is 2.59. The van der Waals surface area contributed by atoms with E-state index in [1.54, 1.807) is 7.11 Å². The fraction of sp³-hybridized carbons (Fsp3) is 0.111. The van der Waals surface area contributed by atoms with Gasteiger partial charge in [0.25, 0.3) is 5.56 Å². The van der Waals surface area contributed by atoms with Crippen molar-refractivity contribution in [3.63, 3.8) is 0 Å². The van der Waals surface area contributed by atoms with Crippen LogP contribution in [0.25, 0.3) is 33.3 Å². The van der Waals surface area contributed by atoms with Crippen molar-refractivity contribution in [3.05, 3.63) is 46.8 Å². The van der Waals surface area contributed by atoms with Crippen LogP contribution in [0.2, 0.25) is 0 Å². The molecule has 0 spiro atoms. The lowest BCUT2D eigenvalue weighted by Crippen LogP contribution is -2.12. The Kier molecular flexibility index (Phi) is 4.06. The number of para-hydroxylation sites is 2. The first kappa shape index (κ1) is 16.5. The Morgan fingerprint density at radius 2 is 2.00 bits per heavy atom. The predicted octanol–water partition coefficient (Wildman–Crippen LogP) is 2.89. The minimum absolute atomic E-state index is 0.263. The number of aromatic nitrogens is 3. The van der Waals surface area contributed by atoms with Crippen molar-refractivity contribution in [2.75, 3.05) is 19.9 Å². The second-order valence-corrected chi connectivity index (χ2v) is 6.75. The summed E-state index contributed by atoms with van der Waals surface area (Å²) in [5, 5.41) is 0.813. The molecule has 0 fully saturated rings. The third-order valence-electron chi connectivity index (χ3n) is 4.17. The Morgan fingerprint density at radius 3 is 2.77 bits per heavy atom. The Labute approximate surface area is 153 Å². The van der Waals surface area contributed by atoms with E-state index in [4.69, 9.17) is 10.5 Å². The van der Waals surface area contributed by atoms with Crippen LogP contribution in [0.15, 0.2) is 46.1 Å². The zero-order valence-corrected chi connectivity index (χ0v) is 15.0. The standard InChI is InChI=1S/C18H17N5O2S/c1-20-26-14-7-9-12(8-13(14)25-2)22-16(15(9)19)17-18(24)23-11-6-4-3-5-10(11)21-17/h3-8,20,22H,19H2,1-2H3,(H,23,24). The van der Waals surface area contributed by atoms with E-state index in [0.717, 1.165) is 15.8 Å². The van der Waals surface area contributed by atoms with Gasteiger partial charge in [0.1, 0.15) is 5.75 Å². The molecule has 0 aliphatic carbocycles. The average molecular weight is 367 g/mol. The van der Waals surface area contributed by atoms with E-state index in [1.807, 2.05) is 43.4 Å². The second kappa shape index (κ2) is 6.40. The lowest BCUT2D eigenvalue weighted by molar-refractivity contribution is 0.405. The molecule has 2 heterocycles. The van der Waals surface area contributed by atoms with E-state index in [9.17, 15) is 4.79 Å². The molecule has 26 heavy (non-hydrogen) atoms. The molecule has 0 radical (unpaired) electrons. The number of ether oxygens (including phenoxy) is 1. The highest BCUT2D eigenvalue weighted by atomic mass is 32.2. The fourth-order valence-electron chi connectivity index (χ4n) is 2.96. The smallest absolute Gasteiger partial charge is 0.276 e. The topological polar surface area (TPSA) is 109 Å². The lowest BCUT2D eigenvalue weighted by atomic mass is 10.2. The maximum Gasteiger partial charge on any atom is 0.276 e. The number of H-pyrrole nitrogens is 2. The highest BCUT2D eigenvalue weighted by Crippen LogP contribution is 2.37. The molecular formula is C18H17N5O2S. The molecule has 4 rings (SSSR count). The molecule has 4 aromatic rings. The summed E-state index contributed by atoms with van der Waals surface area (Å²) in [6.07, 6.45) is 0. The van der Waals surface area contributed by atoms with Crippen LogP contribution in [-0.4, -0.2) is 29.1 Å². The normalized spacial score (nSPS) is 11.3. The molecule has 7 nitrogen and oxygen atoms in total. The molecule has 8 heteroatoms. The molecule has 0 saturated heterocycles. The second-order valence-electron chi connectivity index (χ2n) is 5.70. The molecule has 2 aromatic carbocycles. The zero-order chi connectivity index (χ0) is 18.3. The summed E-state index contributed by atoms with van der Waals surface area (Å²) in [5.74, 6) is 0.713. The summed E-state index contributed by atoms with van der Waals surface area (Å²) in [6.45, 7) is 0. The number of nitrogens with two attached hydrogens (primary N) is 1. The number of nitrogens with one attached hydrogen (secondary N) is 3. The summed E-state index contributed by atoms with van der Waals surface area (Å²) in [5.41, 5.74) is 9.46. The van der Waals surface area contributed by atoms with Crippen LogP contribution >= 0.6 is 11.9 Å². The maximum atomic E-state index is 12.5. The predicted molar refractivity (Wildman–Crippen MR) is 106 cm³/mol. The van der Waals surface area contributed by atoms with Crippen molar-refractivity contribution in [3.8, 4) is 17.1 Å². The van der Waals surface area contributed by atoms with E-state index in [1.165, 1.54) is 11.9 Å². The first-order valence-corrected chi connectivity index (χ1v) is 8.76. The van der Waals surface area contributed by atoms with Gasteiger partial charge >= 0.3 is 0 Å². The van der Waals surface area contributed by atoms with Crippen LogP contribution in [-0.2, 0) is 0 Å². The molecule has 132 valence electrons. The average Bonchev–Trinajstić information content (AvgIpc) is 2.96. The van der Waals surface area contributed by atoms with Gasteiger partial charge in [-0.3, -0.25) is 9.52 Å². The number of nitrogen functional groups attached to an aromatic ring is 1. The van der Waals surface area contributed by atoms with Crippen LogP contribution in [0.4, 0.5) is 5.69 Å². The number of hydrogen-bond donors (Lipinski definition) is 4. The van der Waals surface area contributed by atoms with E-state index in [2.05, 4.69) is 19.7 Å². The molecule has 0 saturated carbocycles. The van der Waals surface area contributed by atoms with Gasteiger partial charge in [-0.25, -0.2) is 4.98 Å². The van der Waals surface area contributed by atoms with Gasteiger partial charge in [0, 0.05) is 11.5 Å². The minimum Gasteiger partial charge on any atom is -0.495 e. The van der Waals surface area contributed by atoms with Gasteiger partial charge in [-0.2, -0.15) is 0 Å². The van der Waals surface area contributed by atoms with Crippen molar-refractivity contribution in [1.82, 2.24) is 19.7 Å². The summed E-state index contributed by atoms with van der Waals surface area (Å²) >= 11 is 1.43. The van der Waals surface area contributed by atoms with Crippen LogP contribution in [0, 0.1) is 0 Å². The lowest BCUT2D eigenvalue weighted by Gasteiger charge is -2.07. The van der Waals surface area contributed by atoms with Crippen molar-refractivity contribution >= 4 is 39.6 Å². The monoisotopic (exact) mass is 367 g/mol. The molecule has 5 N–H and O–H groups in total. The van der Waals surface area contributed by atoms with Crippen molar-refractivity contribution in [1.29, 1.82) is 0 Å². The quantitative estimate of drug-likeness (QED) is 0.413. The first-order valence-electron chi connectivity index (χ1n) is 7.94. The molecule has 0 bridgehead atoms. The van der Waals surface area contributed by atoms with Gasteiger partial charge in [-0.1, -0.05) is 12.1 Å². The van der Waals surface area contributed by atoms with Crippen molar-refractivity contribution in [2.24, 2.45) is 0 Å². The Balaban J connectivity index is 1.96. The third-order valence-corrected chi connectivity index (χ3v) is 4.91. The Morgan fingerprint density at radius 1 is 1.19 bits per heavy atom. The van der Waals surface area contributed by atoms with Crippen LogP contribution in [0.1, 0.15) is 0 Å². The van der Waals surface area contributed by atoms with Gasteiger partial charge in [0.15, 0.2) is 5.69 Å². The number of aromatic amines is 2. The summed E-state index contributed by atoms with van der Waals surface area (Å²) < 4.78 is 8.47. The number of rotatable bonds is 4.